The average Bonchev–Trinajstić information content (AvgIpc) is 3.01. The molecule has 2 N–H and O–H groups in total. The lowest BCUT2D eigenvalue weighted by Crippen LogP contribution is -2.45. The maximum absolute atomic E-state index is 6.33. The molecule has 0 radical (unpaired) electrons. The highest BCUT2D eigenvalue weighted by molar-refractivity contribution is 7.22. The highest BCUT2D eigenvalue weighted by Crippen LogP contribution is 2.44. The van der Waals surface area contributed by atoms with Gasteiger partial charge in [0.2, 0.25) is 0 Å². The number of ether oxygens (including phenoxy) is 1. The maximum Gasteiger partial charge on any atom is 0.189 e. The van der Waals surface area contributed by atoms with Crippen molar-refractivity contribution in [1.29, 1.82) is 0 Å². The molecular weight excluding hydrogens is 294 g/mol. The maximum atomic E-state index is 6.33. The molecule has 22 heavy (non-hydrogen) atoms. The zero-order valence-electron chi connectivity index (χ0n) is 13.2. The van der Waals surface area contributed by atoms with Crippen LogP contribution in [0.1, 0.15) is 45.1 Å². The quantitative estimate of drug-likeness (QED) is 0.919. The molecule has 0 bridgehead atoms. The number of fused-ring (bicyclic) bond motifs is 2. The molecule has 1 aromatic heterocycles. The van der Waals surface area contributed by atoms with E-state index in [0.717, 1.165) is 16.2 Å². The first kappa shape index (κ1) is 14.4. The fraction of sp³-hybridized carbons (Fsp3) is 0.588. The molecule has 118 valence electrons. The van der Waals surface area contributed by atoms with Gasteiger partial charge in [-0.15, -0.1) is 0 Å². The van der Waals surface area contributed by atoms with Crippen LogP contribution in [0.4, 0.5) is 5.13 Å². The number of nitrogens with zero attached hydrogens (tertiary/aromatic N) is 2. The van der Waals surface area contributed by atoms with Crippen LogP contribution in [0.25, 0.3) is 10.2 Å². The number of thiazole rings is 1. The van der Waals surface area contributed by atoms with Crippen LogP contribution in [0.15, 0.2) is 18.2 Å². The van der Waals surface area contributed by atoms with Gasteiger partial charge in [-0.1, -0.05) is 30.2 Å². The molecule has 2 atom stereocenters. The summed E-state index contributed by atoms with van der Waals surface area (Å²) in [7, 11) is 0. The Morgan fingerprint density at radius 3 is 3.00 bits per heavy atom. The summed E-state index contributed by atoms with van der Waals surface area (Å²) < 4.78 is 7.55. The van der Waals surface area contributed by atoms with E-state index in [2.05, 4.69) is 36.9 Å². The largest absolute Gasteiger partial charge is 0.351 e. The van der Waals surface area contributed by atoms with Crippen LogP contribution in [0.3, 0.4) is 0 Å². The number of anilines is 1. The molecule has 2 aromatic rings. The fourth-order valence-electron chi connectivity index (χ4n) is 3.90. The molecule has 0 spiro atoms. The van der Waals surface area contributed by atoms with Crippen molar-refractivity contribution >= 4 is 26.7 Å². The highest BCUT2D eigenvalue weighted by atomic mass is 32.1. The number of hydrogen-bond acceptors (Lipinski definition) is 5. The zero-order valence-corrected chi connectivity index (χ0v) is 14.0. The number of nitrogens with two attached hydrogens (primary N) is 1. The van der Waals surface area contributed by atoms with Crippen molar-refractivity contribution in [2.75, 3.05) is 4.90 Å². The summed E-state index contributed by atoms with van der Waals surface area (Å²) in [6.07, 6.45) is 5.31. The summed E-state index contributed by atoms with van der Waals surface area (Å²) >= 11 is 1.76. The monoisotopic (exact) mass is 317 g/mol. The smallest absolute Gasteiger partial charge is 0.189 e. The Labute approximate surface area is 135 Å². The lowest BCUT2D eigenvalue weighted by Gasteiger charge is -2.34. The van der Waals surface area contributed by atoms with Gasteiger partial charge in [-0.25, -0.2) is 4.98 Å². The van der Waals surface area contributed by atoms with Gasteiger partial charge in [0.15, 0.2) is 5.13 Å². The van der Waals surface area contributed by atoms with Crippen molar-refractivity contribution in [3.63, 3.8) is 0 Å². The first-order chi connectivity index (χ1) is 10.6. The summed E-state index contributed by atoms with van der Waals surface area (Å²) in [5, 5.41) is 1.09. The average molecular weight is 317 g/mol. The van der Waals surface area contributed by atoms with Crippen molar-refractivity contribution in [3.8, 4) is 0 Å². The Hall–Kier alpha value is -1.17. The van der Waals surface area contributed by atoms with Crippen LogP contribution in [-0.4, -0.2) is 22.9 Å². The topological polar surface area (TPSA) is 51.4 Å². The fourth-order valence-corrected chi connectivity index (χ4v) is 5.12. The molecule has 0 amide bonds. The van der Waals surface area contributed by atoms with Crippen molar-refractivity contribution in [1.82, 2.24) is 4.98 Å². The predicted octanol–water partition coefficient (Wildman–Crippen LogP) is 3.64. The van der Waals surface area contributed by atoms with E-state index in [0.29, 0.717) is 18.7 Å². The van der Waals surface area contributed by atoms with E-state index in [4.69, 9.17) is 15.5 Å². The molecule has 0 unspecified atom stereocenters. The standard InChI is InChI=1S/C17H23N3OS/c1-17(2)20(13-5-3-4-6-14(13)21-17)16-19-12-8-7-11(10-18)9-15(12)22-16/h7-9,13-14H,3-6,10,18H2,1-2H3/t13-,14-/m1/s1. The number of rotatable bonds is 2. The van der Waals surface area contributed by atoms with Gasteiger partial charge in [0.25, 0.3) is 0 Å². The van der Waals surface area contributed by atoms with Gasteiger partial charge in [0.1, 0.15) is 5.72 Å². The van der Waals surface area contributed by atoms with E-state index in [1.165, 1.54) is 30.4 Å². The summed E-state index contributed by atoms with van der Waals surface area (Å²) in [6.45, 7) is 4.91. The Balaban J connectivity index is 1.76. The molecule has 1 aliphatic carbocycles. The molecule has 1 aliphatic heterocycles. The van der Waals surface area contributed by atoms with Crippen molar-refractivity contribution < 1.29 is 4.74 Å². The SMILES string of the molecule is CC1(C)O[C@@H]2CCCC[C@H]2N1c1nc2ccc(CN)cc2s1. The van der Waals surface area contributed by atoms with Crippen LogP contribution >= 0.6 is 11.3 Å². The number of benzene rings is 1. The molecule has 4 rings (SSSR count). The molecule has 5 heteroatoms. The van der Waals surface area contributed by atoms with E-state index in [1.807, 2.05) is 0 Å². The van der Waals surface area contributed by atoms with E-state index in [-0.39, 0.29) is 5.72 Å². The van der Waals surface area contributed by atoms with E-state index >= 15 is 0 Å². The molecular formula is C17H23N3OS. The Morgan fingerprint density at radius 1 is 1.36 bits per heavy atom. The molecule has 2 fully saturated rings. The van der Waals surface area contributed by atoms with Gasteiger partial charge in [0.05, 0.1) is 22.4 Å². The third-order valence-corrected chi connectivity index (χ3v) is 5.92. The molecule has 1 aromatic carbocycles. The van der Waals surface area contributed by atoms with Gasteiger partial charge < -0.3 is 15.4 Å². The number of aromatic nitrogens is 1. The third kappa shape index (κ3) is 2.23. The highest BCUT2D eigenvalue weighted by Gasteiger charge is 2.49. The molecule has 1 saturated heterocycles. The minimum atomic E-state index is -0.274. The van der Waals surface area contributed by atoms with Crippen LogP contribution in [0.5, 0.6) is 0 Å². The van der Waals surface area contributed by atoms with E-state index in [1.54, 1.807) is 11.3 Å². The Kier molecular flexibility index (Phi) is 3.40. The van der Waals surface area contributed by atoms with Crippen LogP contribution in [-0.2, 0) is 11.3 Å². The van der Waals surface area contributed by atoms with Crippen molar-refractivity contribution in [2.45, 2.75) is 63.9 Å². The minimum Gasteiger partial charge on any atom is -0.351 e. The lowest BCUT2D eigenvalue weighted by atomic mass is 9.92. The number of hydrogen-bond donors (Lipinski definition) is 1. The van der Waals surface area contributed by atoms with Crippen molar-refractivity contribution in [3.05, 3.63) is 23.8 Å². The molecule has 4 nitrogen and oxygen atoms in total. The molecule has 2 heterocycles. The van der Waals surface area contributed by atoms with E-state index < -0.39 is 0 Å². The van der Waals surface area contributed by atoms with Gasteiger partial charge in [-0.3, -0.25) is 0 Å². The van der Waals surface area contributed by atoms with Gasteiger partial charge in [0, 0.05) is 6.54 Å². The Bertz CT molecular complexity index is 696. The zero-order chi connectivity index (χ0) is 15.3. The second-order valence-corrected chi connectivity index (χ2v) is 7.84. The van der Waals surface area contributed by atoms with Crippen molar-refractivity contribution in [2.24, 2.45) is 5.73 Å². The normalized spacial score (nSPS) is 27.3. The minimum absolute atomic E-state index is 0.274. The van der Waals surface area contributed by atoms with Gasteiger partial charge in [-0.2, -0.15) is 0 Å². The lowest BCUT2D eigenvalue weighted by molar-refractivity contribution is -0.0243. The van der Waals surface area contributed by atoms with Crippen LogP contribution in [0.2, 0.25) is 0 Å². The first-order valence-corrected chi connectivity index (χ1v) is 8.97. The summed E-state index contributed by atoms with van der Waals surface area (Å²) in [4.78, 5) is 7.30. The Morgan fingerprint density at radius 2 is 2.18 bits per heavy atom. The predicted molar refractivity (Wildman–Crippen MR) is 91.2 cm³/mol. The van der Waals surface area contributed by atoms with Crippen LogP contribution in [0, 0.1) is 0 Å². The summed E-state index contributed by atoms with van der Waals surface area (Å²) in [5.41, 5.74) is 7.71. The second kappa shape index (κ2) is 5.18. The molecule has 1 saturated carbocycles. The van der Waals surface area contributed by atoms with Crippen LogP contribution < -0.4 is 10.6 Å². The van der Waals surface area contributed by atoms with Gasteiger partial charge in [-0.05, 0) is 44.4 Å². The first-order valence-electron chi connectivity index (χ1n) is 8.15. The summed E-state index contributed by atoms with van der Waals surface area (Å²) in [6, 6.07) is 6.79. The van der Waals surface area contributed by atoms with E-state index in [9.17, 15) is 0 Å². The second-order valence-electron chi connectivity index (χ2n) is 6.83. The third-order valence-electron chi connectivity index (χ3n) is 4.90. The summed E-state index contributed by atoms with van der Waals surface area (Å²) in [5.74, 6) is 0. The van der Waals surface area contributed by atoms with Gasteiger partial charge >= 0.3 is 0 Å². The molecule has 2 aliphatic rings.